The molecular formula is C29H26N2O4. The fourth-order valence-corrected chi connectivity index (χ4v) is 3.49. The molecule has 0 saturated carbocycles. The maximum atomic E-state index is 12.5. The number of para-hydroxylation sites is 1. The van der Waals surface area contributed by atoms with Gasteiger partial charge in [-0.2, -0.15) is 0 Å². The van der Waals surface area contributed by atoms with Crippen molar-refractivity contribution in [3.8, 4) is 22.6 Å². The Morgan fingerprint density at radius 2 is 1.40 bits per heavy atom. The number of rotatable bonds is 9. The molecule has 0 bridgehead atoms. The lowest BCUT2D eigenvalue weighted by atomic mass is 10.1. The van der Waals surface area contributed by atoms with Crippen LogP contribution in [-0.4, -0.2) is 25.0 Å². The Kier molecular flexibility index (Phi) is 8.11. The summed E-state index contributed by atoms with van der Waals surface area (Å²) in [6.07, 6.45) is 0.765. The molecule has 0 aliphatic heterocycles. The summed E-state index contributed by atoms with van der Waals surface area (Å²) < 4.78 is 11.5. The number of hydrazine groups is 1. The van der Waals surface area contributed by atoms with Gasteiger partial charge in [0.05, 0.1) is 6.61 Å². The van der Waals surface area contributed by atoms with Gasteiger partial charge in [0.1, 0.15) is 11.5 Å². The zero-order valence-electron chi connectivity index (χ0n) is 19.1. The van der Waals surface area contributed by atoms with Crippen molar-refractivity contribution in [2.45, 2.75) is 6.42 Å². The summed E-state index contributed by atoms with van der Waals surface area (Å²) in [6, 6.07) is 34.1. The van der Waals surface area contributed by atoms with E-state index in [0.717, 1.165) is 17.5 Å². The third kappa shape index (κ3) is 6.95. The molecule has 35 heavy (non-hydrogen) atoms. The molecule has 2 amide bonds. The first kappa shape index (κ1) is 23.6. The predicted octanol–water partition coefficient (Wildman–Crippen LogP) is 4.82. The number of amides is 2. The largest absolute Gasteiger partial charge is 0.493 e. The van der Waals surface area contributed by atoms with Crippen LogP contribution in [0.1, 0.15) is 15.9 Å². The van der Waals surface area contributed by atoms with Gasteiger partial charge in [0.15, 0.2) is 6.61 Å². The van der Waals surface area contributed by atoms with Crippen LogP contribution in [0.25, 0.3) is 11.1 Å². The molecule has 0 unspecified atom stereocenters. The van der Waals surface area contributed by atoms with Gasteiger partial charge in [0, 0.05) is 17.5 Å². The van der Waals surface area contributed by atoms with E-state index in [2.05, 4.69) is 10.9 Å². The normalized spacial score (nSPS) is 10.3. The molecule has 0 fully saturated rings. The highest BCUT2D eigenvalue weighted by Crippen LogP contribution is 2.29. The number of hydrogen-bond acceptors (Lipinski definition) is 4. The van der Waals surface area contributed by atoms with Gasteiger partial charge in [0.2, 0.25) is 0 Å². The maximum absolute atomic E-state index is 12.5. The minimum absolute atomic E-state index is 0.243. The Balaban J connectivity index is 1.25. The first-order valence-corrected chi connectivity index (χ1v) is 11.3. The smallest absolute Gasteiger partial charge is 0.276 e. The quantitative estimate of drug-likeness (QED) is 0.347. The molecule has 4 aromatic carbocycles. The van der Waals surface area contributed by atoms with Crippen molar-refractivity contribution in [3.63, 3.8) is 0 Å². The fourth-order valence-electron chi connectivity index (χ4n) is 3.49. The number of hydrogen-bond donors (Lipinski definition) is 2. The molecule has 4 aromatic rings. The molecule has 176 valence electrons. The van der Waals surface area contributed by atoms with E-state index in [-0.39, 0.29) is 6.61 Å². The summed E-state index contributed by atoms with van der Waals surface area (Å²) in [7, 11) is 0. The number of benzene rings is 4. The Morgan fingerprint density at radius 1 is 0.686 bits per heavy atom. The topological polar surface area (TPSA) is 76.7 Å². The zero-order valence-corrected chi connectivity index (χ0v) is 19.1. The molecule has 0 aliphatic carbocycles. The van der Waals surface area contributed by atoms with Crippen molar-refractivity contribution in [1.29, 1.82) is 0 Å². The summed E-state index contributed by atoms with van der Waals surface area (Å²) in [6.45, 7) is 0.250. The number of ether oxygens (including phenoxy) is 2. The van der Waals surface area contributed by atoms with Gasteiger partial charge in [-0.25, -0.2) is 0 Å². The van der Waals surface area contributed by atoms with E-state index in [1.807, 2.05) is 78.9 Å². The first-order valence-electron chi connectivity index (χ1n) is 11.3. The van der Waals surface area contributed by atoms with Crippen molar-refractivity contribution in [2.24, 2.45) is 0 Å². The highest BCUT2D eigenvalue weighted by molar-refractivity contribution is 5.95. The lowest BCUT2D eigenvalue weighted by Gasteiger charge is -2.12. The number of carbonyl (C=O) groups is 2. The SMILES string of the molecule is O=C(COc1ccccc1-c1ccccc1)NNC(=O)c1cccc(OCCc2ccccc2)c1. The molecule has 2 N–H and O–H groups in total. The van der Waals surface area contributed by atoms with E-state index in [1.54, 1.807) is 30.3 Å². The standard InChI is InChI=1S/C29H26N2O4/c32-28(21-35-27-17-8-7-16-26(27)23-12-5-2-6-13-23)30-31-29(33)24-14-9-15-25(20-24)34-19-18-22-10-3-1-4-11-22/h1-17,20H,18-19,21H2,(H,30,32)(H,31,33). The van der Waals surface area contributed by atoms with E-state index >= 15 is 0 Å². The predicted molar refractivity (Wildman–Crippen MR) is 135 cm³/mol. The Hall–Kier alpha value is -4.58. The molecule has 0 atom stereocenters. The lowest BCUT2D eigenvalue weighted by Crippen LogP contribution is -2.43. The molecule has 6 heteroatoms. The molecule has 0 radical (unpaired) electrons. The van der Waals surface area contributed by atoms with Gasteiger partial charge < -0.3 is 9.47 Å². The van der Waals surface area contributed by atoms with E-state index < -0.39 is 11.8 Å². The summed E-state index contributed by atoms with van der Waals surface area (Å²) in [4.78, 5) is 24.8. The Labute approximate surface area is 204 Å². The molecule has 0 aromatic heterocycles. The van der Waals surface area contributed by atoms with E-state index in [4.69, 9.17) is 9.47 Å². The van der Waals surface area contributed by atoms with Gasteiger partial charge in [-0.1, -0.05) is 84.9 Å². The monoisotopic (exact) mass is 466 g/mol. The van der Waals surface area contributed by atoms with Gasteiger partial charge in [-0.15, -0.1) is 0 Å². The second kappa shape index (κ2) is 12.0. The minimum atomic E-state index is -0.475. The minimum Gasteiger partial charge on any atom is -0.493 e. The molecule has 0 saturated heterocycles. The lowest BCUT2D eigenvalue weighted by molar-refractivity contribution is -0.123. The second-order valence-electron chi connectivity index (χ2n) is 7.77. The third-order valence-electron chi connectivity index (χ3n) is 5.24. The van der Waals surface area contributed by atoms with Crippen molar-refractivity contribution in [1.82, 2.24) is 10.9 Å². The van der Waals surface area contributed by atoms with Gasteiger partial charge >= 0.3 is 0 Å². The number of carbonyl (C=O) groups excluding carboxylic acids is 2. The summed E-state index contributed by atoms with van der Waals surface area (Å²) in [5.41, 5.74) is 8.23. The van der Waals surface area contributed by atoms with Crippen LogP contribution in [0.3, 0.4) is 0 Å². The van der Waals surface area contributed by atoms with Gasteiger partial charge in [0.25, 0.3) is 11.8 Å². The summed E-state index contributed by atoms with van der Waals surface area (Å²) in [5, 5.41) is 0. The zero-order chi connectivity index (χ0) is 24.3. The molecule has 0 spiro atoms. The van der Waals surface area contributed by atoms with Crippen LogP contribution in [0.5, 0.6) is 11.5 Å². The van der Waals surface area contributed by atoms with Crippen molar-refractivity contribution in [3.05, 3.63) is 120 Å². The van der Waals surface area contributed by atoms with E-state index in [9.17, 15) is 9.59 Å². The Bertz CT molecular complexity index is 1260. The van der Waals surface area contributed by atoms with Crippen LogP contribution in [0.2, 0.25) is 0 Å². The Morgan fingerprint density at radius 3 is 2.20 bits per heavy atom. The fraction of sp³-hybridized carbons (Fsp3) is 0.103. The van der Waals surface area contributed by atoms with E-state index in [0.29, 0.717) is 23.7 Å². The van der Waals surface area contributed by atoms with Crippen LogP contribution in [0, 0.1) is 0 Å². The van der Waals surface area contributed by atoms with Crippen LogP contribution < -0.4 is 20.3 Å². The van der Waals surface area contributed by atoms with Crippen molar-refractivity contribution < 1.29 is 19.1 Å². The van der Waals surface area contributed by atoms with Crippen LogP contribution in [0.15, 0.2) is 109 Å². The molecule has 0 aliphatic rings. The van der Waals surface area contributed by atoms with E-state index in [1.165, 1.54) is 5.56 Å². The second-order valence-corrected chi connectivity index (χ2v) is 7.77. The average molecular weight is 467 g/mol. The number of nitrogens with one attached hydrogen (secondary N) is 2. The average Bonchev–Trinajstić information content (AvgIpc) is 2.92. The third-order valence-corrected chi connectivity index (χ3v) is 5.24. The van der Waals surface area contributed by atoms with Gasteiger partial charge in [-0.3, -0.25) is 20.4 Å². The van der Waals surface area contributed by atoms with Crippen molar-refractivity contribution >= 4 is 11.8 Å². The molecule has 4 rings (SSSR count). The maximum Gasteiger partial charge on any atom is 0.276 e. The summed E-state index contributed by atoms with van der Waals surface area (Å²) in [5.74, 6) is 0.245. The molecular weight excluding hydrogens is 440 g/mol. The van der Waals surface area contributed by atoms with Crippen LogP contribution >= 0.6 is 0 Å². The molecule has 6 nitrogen and oxygen atoms in total. The van der Waals surface area contributed by atoms with Gasteiger partial charge in [-0.05, 0) is 35.4 Å². The first-order chi connectivity index (χ1) is 17.2. The van der Waals surface area contributed by atoms with Crippen LogP contribution in [-0.2, 0) is 11.2 Å². The molecule has 0 heterocycles. The van der Waals surface area contributed by atoms with Crippen LogP contribution in [0.4, 0.5) is 0 Å². The highest BCUT2D eigenvalue weighted by Gasteiger charge is 2.11. The highest BCUT2D eigenvalue weighted by atomic mass is 16.5. The van der Waals surface area contributed by atoms with Crippen molar-refractivity contribution in [2.75, 3.05) is 13.2 Å². The summed E-state index contributed by atoms with van der Waals surface area (Å²) >= 11 is 0.